The van der Waals surface area contributed by atoms with Crippen molar-refractivity contribution in [3.8, 4) is 0 Å². The van der Waals surface area contributed by atoms with Crippen LogP contribution in [0.4, 0.5) is 5.69 Å². The Bertz CT molecular complexity index is 532. The summed E-state index contributed by atoms with van der Waals surface area (Å²) in [6.45, 7) is 3.62. The molecule has 0 bridgehead atoms. The summed E-state index contributed by atoms with van der Waals surface area (Å²) in [6.07, 6.45) is 3.15. The predicted octanol–water partition coefficient (Wildman–Crippen LogP) is 2.60. The monoisotopic (exact) mass is 312 g/mol. The van der Waals surface area contributed by atoms with Gasteiger partial charge in [0, 0.05) is 17.5 Å². The second-order valence-corrected chi connectivity index (χ2v) is 5.95. The predicted molar refractivity (Wildman–Crippen MR) is 82.7 cm³/mol. The van der Waals surface area contributed by atoms with Crippen molar-refractivity contribution in [1.82, 2.24) is 5.32 Å². The first kappa shape index (κ1) is 17.5. The summed E-state index contributed by atoms with van der Waals surface area (Å²) in [5, 5.41) is 23.6. The molecule has 1 aromatic rings. The van der Waals surface area contributed by atoms with Crippen LogP contribution < -0.4 is 5.32 Å². The Kier molecular flexibility index (Phi) is 6.17. The van der Waals surface area contributed by atoms with Crippen molar-refractivity contribution in [2.45, 2.75) is 37.2 Å². The van der Waals surface area contributed by atoms with Gasteiger partial charge in [0.25, 0.3) is 11.6 Å². The number of benzene rings is 1. The maximum atomic E-state index is 12.2. The van der Waals surface area contributed by atoms with Crippen molar-refractivity contribution in [2.24, 2.45) is 0 Å². The van der Waals surface area contributed by atoms with Gasteiger partial charge in [-0.2, -0.15) is 0 Å². The molecule has 21 heavy (non-hydrogen) atoms. The van der Waals surface area contributed by atoms with Crippen LogP contribution in [0.1, 0.15) is 37.0 Å². The van der Waals surface area contributed by atoms with Gasteiger partial charge in [-0.05, 0) is 31.7 Å². The molecule has 0 aliphatic heterocycles. The molecule has 0 aliphatic carbocycles. The first-order valence-electron chi connectivity index (χ1n) is 6.63. The molecule has 7 heteroatoms. The van der Waals surface area contributed by atoms with Crippen molar-refractivity contribution in [2.75, 3.05) is 12.8 Å². The number of carbonyl (C=O) groups excluding carboxylic acids is 1. The molecule has 0 fully saturated rings. The van der Waals surface area contributed by atoms with E-state index in [1.807, 2.05) is 13.2 Å². The molecular formula is C14H20N2O4S. The summed E-state index contributed by atoms with van der Waals surface area (Å²) in [5.41, 5.74) is -1.24. The summed E-state index contributed by atoms with van der Waals surface area (Å²) in [7, 11) is 0. The third kappa shape index (κ3) is 5.02. The minimum absolute atomic E-state index is 0.0131. The molecule has 0 radical (unpaired) electrons. The molecule has 1 rings (SSSR count). The SMILES string of the molecule is CCC[C@@](C)(O)CNC(=O)c1cc(SC)ccc1[N+](=O)[O-]. The summed E-state index contributed by atoms with van der Waals surface area (Å²) >= 11 is 1.40. The van der Waals surface area contributed by atoms with Gasteiger partial charge < -0.3 is 10.4 Å². The fraction of sp³-hybridized carbons (Fsp3) is 0.500. The van der Waals surface area contributed by atoms with Crippen molar-refractivity contribution in [3.05, 3.63) is 33.9 Å². The van der Waals surface area contributed by atoms with Crippen LogP contribution in [0.2, 0.25) is 0 Å². The van der Waals surface area contributed by atoms with Crippen molar-refractivity contribution < 1.29 is 14.8 Å². The molecule has 116 valence electrons. The largest absolute Gasteiger partial charge is 0.388 e. The number of hydrogen-bond acceptors (Lipinski definition) is 5. The Labute approximate surface area is 128 Å². The number of nitrogens with zero attached hydrogens (tertiary/aromatic N) is 1. The van der Waals surface area contributed by atoms with Crippen LogP contribution in [-0.4, -0.2) is 34.3 Å². The Balaban J connectivity index is 2.93. The summed E-state index contributed by atoms with van der Waals surface area (Å²) in [5.74, 6) is -0.547. The lowest BCUT2D eigenvalue weighted by molar-refractivity contribution is -0.385. The molecule has 0 spiro atoms. The highest BCUT2D eigenvalue weighted by Crippen LogP contribution is 2.24. The van der Waals surface area contributed by atoms with E-state index < -0.39 is 16.4 Å². The minimum atomic E-state index is -1.02. The number of nitrogens with one attached hydrogen (secondary N) is 1. The normalized spacial score (nSPS) is 13.5. The van der Waals surface area contributed by atoms with Gasteiger partial charge in [0.05, 0.1) is 10.5 Å². The maximum Gasteiger partial charge on any atom is 0.282 e. The summed E-state index contributed by atoms with van der Waals surface area (Å²) in [6, 6.07) is 4.42. The zero-order chi connectivity index (χ0) is 16.0. The highest BCUT2D eigenvalue weighted by atomic mass is 32.2. The van der Waals surface area contributed by atoms with E-state index in [0.717, 1.165) is 11.3 Å². The van der Waals surface area contributed by atoms with Crippen LogP contribution >= 0.6 is 11.8 Å². The number of nitro benzene ring substituents is 1. The lowest BCUT2D eigenvalue weighted by Gasteiger charge is -2.22. The zero-order valence-corrected chi connectivity index (χ0v) is 13.2. The Morgan fingerprint density at radius 3 is 2.71 bits per heavy atom. The van der Waals surface area contributed by atoms with Gasteiger partial charge in [-0.25, -0.2) is 0 Å². The smallest absolute Gasteiger partial charge is 0.282 e. The van der Waals surface area contributed by atoms with Crippen LogP contribution in [-0.2, 0) is 0 Å². The minimum Gasteiger partial charge on any atom is -0.388 e. The highest BCUT2D eigenvalue weighted by molar-refractivity contribution is 7.98. The average Bonchev–Trinajstić information content (AvgIpc) is 2.44. The van der Waals surface area contributed by atoms with E-state index in [4.69, 9.17) is 0 Å². The first-order chi connectivity index (χ1) is 9.80. The fourth-order valence-electron chi connectivity index (χ4n) is 1.98. The van der Waals surface area contributed by atoms with Crippen LogP contribution in [0.15, 0.2) is 23.1 Å². The van der Waals surface area contributed by atoms with E-state index in [1.165, 1.54) is 23.9 Å². The van der Waals surface area contributed by atoms with Crippen LogP contribution in [0.3, 0.4) is 0 Å². The molecule has 2 N–H and O–H groups in total. The topological polar surface area (TPSA) is 92.5 Å². The van der Waals surface area contributed by atoms with Crippen molar-refractivity contribution in [3.63, 3.8) is 0 Å². The molecule has 6 nitrogen and oxygen atoms in total. The Morgan fingerprint density at radius 1 is 1.52 bits per heavy atom. The van der Waals surface area contributed by atoms with Crippen LogP contribution in [0, 0.1) is 10.1 Å². The maximum absolute atomic E-state index is 12.2. The molecular weight excluding hydrogens is 292 g/mol. The molecule has 0 saturated carbocycles. The number of amides is 1. The second kappa shape index (κ2) is 7.42. The Morgan fingerprint density at radius 2 is 2.19 bits per heavy atom. The van der Waals surface area contributed by atoms with Gasteiger partial charge in [0.2, 0.25) is 0 Å². The van der Waals surface area contributed by atoms with Crippen molar-refractivity contribution >= 4 is 23.4 Å². The van der Waals surface area contributed by atoms with Crippen LogP contribution in [0.5, 0.6) is 0 Å². The van der Waals surface area contributed by atoms with Crippen LogP contribution in [0.25, 0.3) is 0 Å². The molecule has 0 unspecified atom stereocenters. The van der Waals surface area contributed by atoms with Gasteiger partial charge >= 0.3 is 0 Å². The number of hydrogen-bond donors (Lipinski definition) is 2. The molecule has 0 aromatic heterocycles. The van der Waals surface area contributed by atoms with Crippen molar-refractivity contribution in [1.29, 1.82) is 0 Å². The van der Waals surface area contributed by atoms with E-state index in [1.54, 1.807) is 13.0 Å². The van der Waals surface area contributed by atoms with E-state index in [9.17, 15) is 20.0 Å². The van der Waals surface area contributed by atoms with E-state index >= 15 is 0 Å². The van der Waals surface area contributed by atoms with Gasteiger partial charge in [0.1, 0.15) is 5.56 Å². The standard InChI is InChI=1S/C14H20N2O4S/c1-4-7-14(2,18)9-15-13(17)11-8-10(21-3)5-6-12(11)16(19)20/h5-6,8,18H,4,7,9H2,1-3H3,(H,15,17)/t14-/m1/s1. The summed E-state index contributed by atoms with van der Waals surface area (Å²) < 4.78 is 0. The lowest BCUT2D eigenvalue weighted by Crippen LogP contribution is -2.40. The number of rotatable bonds is 7. The highest BCUT2D eigenvalue weighted by Gasteiger charge is 2.24. The molecule has 1 aromatic carbocycles. The summed E-state index contributed by atoms with van der Waals surface area (Å²) in [4.78, 5) is 23.3. The molecule has 1 atom stereocenters. The van der Waals surface area contributed by atoms with Gasteiger partial charge in [-0.1, -0.05) is 13.3 Å². The Hall–Kier alpha value is -1.60. The fourth-order valence-corrected chi connectivity index (χ4v) is 2.42. The third-order valence-electron chi connectivity index (χ3n) is 3.06. The third-order valence-corrected chi connectivity index (χ3v) is 3.79. The van der Waals surface area contributed by atoms with Gasteiger partial charge in [-0.3, -0.25) is 14.9 Å². The van der Waals surface area contributed by atoms with E-state index in [2.05, 4.69) is 5.32 Å². The number of aliphatic hydroxyl groups is 1. The number of nitro groups is 1. The van der Waals surface area contributed by atoms with Gasteiger partial charge in [-0.15, -0.1) is 11.8 Å². The quantitative estimate of drug-likeness (QED) is 0.458. The first-order valence-corrected chi connectivity index (χ1v) is 7.86. The molecule has 0 heterocycles. The number of carbonyl (C=O) groups is 1. The zero-order valence-electron chi connectivity index (χ0n) is 12.4. The lowest BCUT2D eigenvalue weighted by atomic mass is 10.0. The molecule has 0 aliphatic rings. The van der Waals surface area contributed by atoms with E-state index in [0.29, 0.717) is 6.42 Å². The molecule has 0 saturated heterocycles. The van der Waals surface area contributed by atoms with E-state index in [-0.39, 0.29) is 17.8 Å². The second-order valence-electron chi connectivity index (χ2n) is 5.07. The molecule has 1 amide bonds. The average molecular weight is 312 g/mol. The number of thioether (sulfide) groups is 1. The van der Waals surface area contributed by atoms with Gasteiger partial charge in [0.15, 0.2) is 0 Å².